The minimum Gasteiger partial charge on any atom is -0.497 e. The normalized spacial score (nSPS) is 12.0. The number of hydrogen-bond donors (Lipinski definition) is 1. The molecule has 0 aliphatic heterocycles. The van der Waals surface area contributed by atoms with E-state index >= 15 is 0 Å². The molecule has 0 spiro atoms. The van der Waals surface area contributed by atoms with Crippen LogP contribution in [-0.2, 0) is 32.6 Å². The Morgan fingerprint density at radius 2 is 1.59 bits per heavy atom. The van der Waals surface area contributed by atoms with Crippen molar-refractivity contribution in [3.05, 3.63) is 89.5 Å². The molecule has 3 aromatic rings. The summed E-state index contributed by atoms with van der Waals surface area (Å²) in [5, 5.41) is 2.95. The molecule has 3 aromatic carbocycles. The molecule has 1 unspecified atom stereocenters. The van der Waals surface area contributed by atoms with Crippen LogP contribution in [0, 0.1) is 6.92 Å². The molecule has 0 heterocycles. The molecule has 0 radical (unpaired) electrons. The first-order valence-corrected chi connectivity index (χ1v) is 15.2. The van der Waals surface area contributed by atoms with Crippen LogP contribution in [0.4, 0.5) is 5.69 Å². The Balaban J connectivity index is 2.12. The molecule has 0 fully saturated rings. The Labute approximate surface area is 243 Å². The molecule has 3 rings (SSSR count). The second-order valence-electron chi connectivity index (χ2n) is 10.1. The molecule has 0 bridgehead atoms. The van der Waals surface area contributed by atoms with Crippen LogP contribution in [0.1, 0.15) is 30.5 Å². The second kappa shape index (κ2) is 14.0. The third-order valence-corrected chi connectivity index (χ3v) is 7.76. The van der Waals surface area contributed by atoms with E-state index in [9.17, 15) is 18.0 Å². The zero-order chi connectivity index (χ0) is 30.2. The molecule has 0 aromatic heterocycles. The van der Waals surface area contributed by atoms with E-state index in [0.717, 1.165) is 27.3 Å². The van der Waals surface area contributed by atoms with Crippen molar-refractivity contribution in [2.24, 2.45) is 0 Å². The number of amides is 2. The number of sulfonamides is 1. The number of nitrogens with one attached hydrogen (secondary N) is 1. The lowest BCUT2D eigenvalue weighted by atomic mass is 10.0. The van der Waals surface area contributed by atoms with Gasteiger partial charge in [0.1, 0.15) is 24.1 Å². The highest BCUT2D eigenvalue weighted by Gasteiger charge is 2.34. The van der Waals surface area contributed by atoms with Gasteiger partial charge in [0.05, 0.1) is 26.2 Å². The number of rotatable bonds is 13. The largest absolute Gasteiger partial charge is 0.497 e. The van der Waals surface area contributed by atoms with Gasteiger partial charge in [0.2, 0.25) is 21.8 Å². The number of nitrogens with zero attached hydrogens (tertiary/aromatic N) is 2. The molecular formula is C31H39N3O6S. The van der Waals surface area contributed by atoms with E-state index in [1.165, 1.54) is 25.2 Å². The number of carbonyl (C=O) groups excluding carboxylic acids is 2. The van der Waals surface area contributed by atoms with Crippen LogP contribution in [0.3, 0.4) is 0 Å². The van der Waals surface area contributed by atoms with Gasteiger partial charge in [0.25, 0.3) is 0 Å². The standard InChI is InChI=1S/C31H39N3O6S/c1-22(2)32-31(36)28(18-24-13-8-7-9-14-24)33(20-25-15-11-10-12-23(25)3)30(35)21-34(41(6,37)38)27-19-26(39-4)16-17-29(27)40-5/h7-17,19,22,28H,18,20-21H2,1-6H3,(H,32,36). The fourth-order valence-electron chi connectivity index (χ4n) is 4.49. The summed E-state index contributed by atoms with van der Waals surface area (Å²) in [6.45, 7) is 5.20. The van der Waals surface area contributed by atoms with E-state index in [0.29, 0.717) is 5.75 Å². The summed E-state index contributed by atoms with van der Waals surface area (Å²) in [5.74, 6) is -0.205. The van der Waals surface area contributed by atoms with Crippen LogP contribution < -0.4 is 19.1 Å². The summed E-state index contributed by atoms with van der Waals surface area (Å²) in [6.07, 6.45) is 1.27. The van der Waals surface area contributed by atoms with Crippen LogP contribution in [0.2, 0.25) is 0 Å². The first-order chi connectivity index (χ1) is 19.4. The topological polar surface area (TPSA) is 105 Å². The zero-order valence-corrected chi connectivity index (χ0v) is 25.3. The number of hydrogen-bond acceptors (Lipinski definition) is 6. The first kappa shape index (κ1) is 31.5. The van der Waals surface area contributed by atoms with Gasteiger partial charge < -0.3 is 19.7 Å². The van der Waals surface area contributed by atoms with Crippen LogP contribution in [0.15, 0.2) is 72.8 Å². The molecular weight excluding hydrogens is 542 g/mol. The monoisotopic (exact) mass is 581 g/mol. The summed E-state index contributed by atoms with van der Waals surface area (Å²) >= 11 is 0. The minimum absolute atomic E-state index is 0.112. The highest BCUT2D eigenvalue weighted by Crippen LogP contribution is 2.34. The highest BCUT2D eigenvalue weighted by atomic mass is 32.2. The van der Waals surface area contributed by atoms with Gasteiger partial charge in [-0.3, -0.25) is 13.9 Å². The van der Waals surface area contributed by atoms with Crippen molar-refractivity contribution in [1.82, 2.24) is 10.2 Å². The fraction of sp³-hybridized carbons (Fsp3) is 0.355. The molecule has 9 nitrogen and oxygen atoms in total. The van der Waals surface area contributed by atoms with Gasteiger partial charge in [-0.1, -0.05) is 54.6 Å². The third-order valence-electron chi connectivity index (χ3n) is 6.64. The summed E-state index contributed by atoms with van der Waals surface area (Å²) in [7, 11) is -1.07. The molecule has 220 valence electrons. The Morgan fingerprint density at radius 1 is 0.927 bits per heavy atom. The van der Waals surface area contributed by atoms with Crippen LogP contribution in [0.5, 0.6) is 11.5 Å². The average molecular weight is 582 g/mol. The molecule has 0 saturated heterocycles. The van der Waals surface area contributed by atoms with Crippen LogP contribution >= 0.6 is 0 Å². The molecule has 41 heavy (non-hydrogen) atoms. The Kier molecular flexibility index (Phi) is 10.8. The van der Waals surface area contributed by atoms with Gasteiger partial charge in [-0.2, -0.15) is 0 Å². The Hall–Kier alpha value is -4.05. The van der Waals surface area contributed by atoms with Crippen LogP contribution in [0.25, 0.3) is 0 Å². The predicted octanol–water partition coefficient (Wildman–Crippen LogP) is 3.94. The van der Waals surface area contributed by atoms with E-state index in [2.05, 4.69) is 5.32 Å². The minimum atomic E-state index is -3.96. The summed E-state index contributed by atoms with van der Waals surface area (Å²) in [6, 6.07) is 20.7. The quantitative estimate of drug-likeness (QED) is 0.328. The number of anilines is 1. The van der Waals surface area contributed by atoms with Gasteiger partial charge in [-0.15, -0.1) is 0 Å². The lowest BCUT2D eigenvalue weighted by molar-refractivity contribution is -0.140. The van der Waals surface area contributed by atoms with Crippen molar-refractivity contribution in [3.8, 4) is 11.5 Å². The van der Waals surface area contributed by atoms with E-state index in [1.54, 1.807) is 12.1 Å². The average Bonchev–Trinajstić information content (AvgIpc) is 2.93. The summed E-state index contributed by atoms with van der Waals surface area (Å²) in [4.78, 5) is 29.3. The highest BCUT2D eigenvalue weighted by molar-refractivity contribution is 7.92. The number of aryl methyl sites for hydroxylation is 1. The van der Waals surface area contributed by atoms with Gasteiger partial charge in [-0.05, 0) is 49.6 Å². The molecule has 0 aliphatic rings. The molecule has 0 aliphatic carbocycles. The third kappa shape index (κ3) is 8.47. The smallest absolute Gasteiger partial charge is 0.244 e. The van der Waals surface area contributed by atoms with E-state index in [4.69, 9.17) is 9.47 Å². The lowest BCUT2D eigenvalue weighted by Gasteiger charge is -2.34. The maximum absolute atomic E-state index is 14.2. The van der Waals surface area contributed by atoms with Crippen molar-refractivity contribution in [2.45, 2.75) is 45.8 Å². The van der Waals surface area contributed by atoms with E-state index in [-0.39, 0.29) is 36.4 Å². The second-order valence-corrected chi connectivity index (χ2v) is 12.0. The summed E-state index contributed by atoms with van der Waals surface area (Å²) in [5.41, 5.74) is 2.82. The van der Waals surface area contributed by atoms with Gasteiger partial charge in [0, 0.05) is 25.1 Å². The van der Waals surface area contributed by atoms with E-state index in [1.807, 2.05) is 75.4 Å². The maximum atomic E-state index is 14.2. The van der Waals surface area contributed by atoms with Crippen molar-refractivity contribution < 1.29 is 27.5 Å². The number of ether oxygens (including phenoxy) is 2. The van der Waals surface area contributed by atoms with Crippen molar-refractivity contribution in [1.29, 1.82) is 0 Å². The van der Waals surface area contributed by atoms with E-state index < -0.39 is 28.5 Å². The van der Waals surface area contributed by atoms with Crippen molar-refractivity contribution >= 4 is 27.5 Å². The van der Waals surface area contributed by atoms with Gasteiger partial charge in [0.15, 0.2) is 0 Å². The zero-order valence-electron chi connectivity index (χ0n) is 24.5. The van der Waals surface area contributed by atoms with Crippen molar-refractivity contribution in [3.63, 3.8) is 0 Å². The fourth-order valence-corrected chi connectivity index (χ4v) is 5.34. The van der Waals surface area contributed by atoms with Crippen molar-refractivity contribution in [2.75, 3.05) is 31.3 Å². The summed E-state index contributed by atoms with van der Waals surface area (Å²) < 4.78 is 37.9. The number of methoxy groups -OCH3 is 2. The Bertz CT molecular complexity index is 1440. The lowest BCUT2D eigenvalue weighted by Crippen LogP contribution is -2.54. The molecule has 10 heteroatoms. The predicted molar refractivity (Wildman–Crippen MR) is 161 cm³/mol. The Morgan fingerprint density at radius 3 is 2.17 bits per heavy atom. The van der Waals surface area contributed by atoms with Gasteiger partial charge in [-0.25, -0.2) is 8.42 Å². The molecule has 0 saturated carbocycles. The molecule has 1 N–H and O–H groups in total. The first-order valence-electron chi connectivity index (χ1n) is 13.3. The number of benzene rings is 3. The SMILES string of the molecule is COc1ccc(OC)c(N(CC(=O)N(Cc2ccccc2C)C(Cc2ccccc2)C(=O)NC(C)C)S(C)(=O)=O)c1. The number of carbonyl (C=O) groups is 2. The van der Waals surface area contributed by atoms with Crippen LogP contribution in [-0.4, -0.2) is 64.2 Å². The molecule has 2 amide bonds. The maximum Gasteiger partial charge on any atom is 0.244 e. The van der Waals surface area contributed by atoms with Gasteiger partial charge >= 0.3 is 0 Å². The molecule has 1 atom stereocenters.